The lowest BCUT2D eigenvalue weighted by atomic mass is 9.96. The molecule has 4 atom stereocenters. The predicted molar refractivity (Wildman–Crippen MR) is 121 cm³/mol. The second kappa shape index (κ2) is 9.27. The van der Waals surface area contributed by atoms with Crippen LogP contribution in [-0.2, 0) is 14.2 Å². The fraction of sp³-hybridized carbons (Fsp3) is 0.542. The Balaban J connectivity index is 1.07. The quantitative estimate of drug-likeness (QED) is 0.684. The summed E-state index contributed by atoms with van der Waals surface area (Å²) in [6.07, 6.45) is 5.89. The third kappa shape index (κ3) is 4.35. The number of nitrogens with zero attached hydrogens (tertiary/aromatic N) is 2. The van der Waals surface area contributed by atoms with Gasteiger partial charge >= 0.3 is 6.09 Å². The topological polar surface area (TPSA) is 113 Å². The third-order valence-corrected chi connectivity index (χ3v) is 6.83. The van der Waals surface area contributed by atoms with Gasteiger partial charge in [0.1, 0.15) is 12.2 Å². The Morgan fingerprint density at radius 2 is 1.85 bits per heavy atom. The van der Waals surface area contributed by atoms with Crippen LogP contribution in [-0.4, -0.2) is 66.5 Å². The molecule has 4 aliphatic rings. The van der Waals surface area contributed by atoms with Crippen molar-refractivity contribution in [3.05, 3.63) is 30.5 Å². The summed E-state index contributed by atoms with van der Waals surface area (Å²) in [5.74, 6) is 1.91. The Labute approximate surface area is 197 Å². The van der Waals surface area contributed by atoms with Crippen LogP contribution in [0.3, 0.4) is 0 Å². The first kappa shape index (κ1) is 21.4. The molecule has 0 bridgehead atoms. The molecule has 180 valence electrons. The van der Waals surface area contributed by atoms with Gasteiger partial charge in [-0.2, -0.15) is 0 Å². The Morgan fingerprint density at radius 1 is 1.00 bits per heavy atom. The standard InChI is InChI=1S/C24H28N4O6/c29-24(26-15-4-2-1-3-5-15)34-20-12-31-21-17(11-30-22(20)21)28-23-25-9-8-16(27-23)14-6-7-18-19(10-14)33-13-32-18/h6-10,15,17,20-22H,1-5,11-13H2,(H,26,29)(H,25,27,28)/t17-,20+,21+,22+/m0/s1. The van der Waals surface area contributed by atoms with Gasteiger partial charge in [0.05, 0.1) is 24.9 Å². The van der Waals surface area contributed by atoms with Crippen LogP contribution >= 0.6 is 0 Å². The van der Waals surface area contributed by atoms with Crippen LogP contribution < -0.4 is 20.1 Å². The monoisotopic (exact) mass is 468 g/mol. The molecule has 3 fully saturated rings. The van der Waals surface area contributed by atoms with E-state index in [1.165, 1.54) is 6.42 Å². The largest absolute Gasteiger partial charge is 0.454 e. The minimum atomic E-state index is -0.429. The number of hydrogen-bond acceptors (Lipinski definition) is 9. The molecule has 0 radical (unpaired) electrons. The molecule has 1 amide bonds. The van der Waals surface area contributed by atoms with Crippen molar-refractivity contribution in [3.63, 3.8) is 0 Å². The maximum Gasteiger partial charge on any atom is 0.407 e. The SMILES string of the molecule is O=C(NC1CCCCC1)O[C@@H]1CO[C@H]2[C@@H]1OC[C@@H]2Nc1nccc(-c2ccc3c(c2)OCO3)n1. The minimum absolute atomic E-state index is 0.146. The molecule has 1 saturated carbocycles. The number of hydrogen-bond donors (Lipinski definition) is 2. The number of rotatable bonds is 5. The van der Waals surface area contributed by atoms with Crippen molar-refractivity contribution in [2.24, 2.45) is 0 Å². The summed E-state index contributed by atoms with van der Waals surface area (Å²) in [5.41, 5.74) is 1.67. The van der Waals surface area contributed by atoms with Crippen LogP contribution in [0.4, 0.5) is 10.7 Å². The van der Waals surface area contributed by atoms with E-state index in [-0.39, 0.29) is 37.2 Å². The number of benzene rings is 1. The first-order valence-corrected chi connectivity index (χ1v) is 11.9. The lowest BCUT2D eigenvalue weighted by Crippen LogP contribution is -2.42. The van der Waals surface area contributed by atoms with Gasteiger partial charge in [-0.25, -0.2) is 14.8 Å². The Bertz CT molecular complexity index is 1050. The van der Waals surface area contributed by atoms with Crippen molar-refractivity contribution in [2.45, 2.75) is 62.5 Å². The first-order chi connectivity index (χ1) is 16.7. The van der Waals surface area contributed by atoms with Gasteiger partial charge in [0, 0.05) is 17.8 Å². The molecule has 0 unspecified atom stereocenters. The van der Waals surface area contributed by atoms with Gasteiger partial charge in [0.25, 0.3) is 0 Å². The fourth-order valence-electron chi connectivity index (χ4n) is 5.08. The Hall–Kier alpha value is -3.11. The Kier molecular flexibility index (Phi) is 5.84. The summed E-state index contributed by atoms with van der Waals surface area (Å²) in [5, 5.41) is 6.32. The molecule has 2 N–H and O–H groups in total. The van der Waals surface area contributed by atoms with Gasteiger partial charge in [0.2, 0.25) is 12.7 Å². The van der Waals surface area contributed by atoms with Gasteiger partial charge in [-0.3, -0.25) is 0 Å². The first-order valence-electron chi connectivity index (χ1n) is 11.9. The van der Waals surface area contributed by atoms with E-state index in [0.717, 1.165) is 42.7 Å². The molecule has 2 aromatic rings. The van der Waals surface area contributed by atoms with Crippen molar-refractivity contribution in [1.82, 2.24) is 15.3 Å². The fourth-order valence-corrected chi connectivity index (χ4v) is 5.08. The normalized spacial score (nSPS) is 27.9. The number of carbonyl (C=O) groups is 1. The van der Waals surface area contributed by atoms with Gasteiger partial charge in [-0.1, -0.05) is 19.3 Å². The molecular weight excluding hydrogens is 440 g/mol. The smallest absolute Gasteiger partial charge is 0.407 e. The van der Waals surface area contributed by atoms with E-state index in [4.69, 9.17) is 23.7 Å². The summed E-state index contributed by atoms with van der Waals surface area (Å²) in [7, 11) is 0. The van der Waals surface area contributed by atoms with Crippen LogP contribution in [0.1, 0.15) is 32.1 Å². The van der Waals surface area contributed by atoms with Crippen molar-refractivity contribution < 1.29 is 28.5 Å². The highest BCUT2D eigenvalue weighted by molar-refractivity contribution is 5.68. The summed E-state index contributed by atoms with van der Waals surface area (Å²) in [6, 6.07) is 7.62. The Morgan fingerprint density at radius 3 is 2.76 bits per heavy atom. The number of ether oxygens (including phenoxy) is 5. The number of aromatic nitrogens is 2. The zero-order valence-corrected chi connectivity index (χ0v) is 18.8. The average Bonchev–Trinajstić information content (AvgIpc) is 3.58. The maximum atomic E-state index is 12.4. The molecule has 4 heterocycles. The molecule has 3 aliphatic heterocycles. The number of nitrogens with one attached hydrogen (secondary N) is 2. The van der Waals surface area contributed by atoms with Crippen LogP contribution in [0.2, 0.25) is 0 Å². The summed E-state index contributed by atoms with van der Waals surface area (Å²) >= 11 is 0. The average molecular weight is 469 g/mol. The summed E-state index contributed by atoms with van der Waals surface area (Å²) in [4.78, 5) is 21.4. The third-order valence-electron chi connectivity index (χ3n) is 6.83. The molecule has 10 heteroatoms. The van der Waals surface area contributed by atoms with E-state index in [2.05, 4.69) is 20.6 Å². The summed E-state index contributed by atoms with van der Waals surface area (Å²) < 4.78 is 28.4. The molecule has 2 saturated heterocycles. The van der Waals surface area contributed by atoms with Crippen LogP contribution in [0.15, 0.2) is 30.5 Å². The van der Waals surface area contributed by atoms with Gasteiger partial charge in [-0.15, -0.1) is 0 Å². The molecule has 1 aliphatic carbocycles. The van der Waals surface area contributed by atoms with Crippen LogP contribution in [0.25, 0.3) is 11.3 Å². The number of alkyl carbamates (subject to hydrolysis) is 1. The van der Waals surface area contributed by atoms with E-state index < -0.39 is 6.10 Å². The number of carbonyl (C=O) groups excluding carboxylic acids is 1. The molecule has 34 heavy (non-hydrogen) atoms. The zero-order chi connectivity index (χ0) is 22.9. The van der Waals surface area contributed by atoms with E-state index in [9.17, 15) is 4.79 Å². The number of amides is 1. The second-order valence-electron chi connectivity index (χ2n) is 9.10. The van der Waals surface area contributed by atoms with E-state index in [1.54, 1.807) is 6.20 Å². The van der Waals surface area contributed by atoms with Crippen molar-refractivity contribution in [2.75, 3.05) is 25.3 Å². The van der Waals surface area contributed by atoms with Crippen molar-refractivity contribution >= 4 is 12.0 Å². The van der Waals surface area contributed by atoms with Gasteiger partial charge in [-0.05, 0) is 37.1 Å². The lowest BCUT2D eigenvalue weighted by molar-refractivity contribution is 0.00314. The molecule has 6 rings (SSSR count). The van der Waals surface area contributed by atoms with Crippen molar-refractivity contribution in [3.8, 4) is 22.8 Å². The maximum absolute atomic E-state index is 12.4. The number of fused-ring (bicyclic) bond motifs is 2. The highest BCUT2D eigenvalue weighted by Crippen LogP contribution is 2.36. The molecular formula is C24H28N4O6. The molecule has 1 aromatic heterocycles. The summed E-state index contributed by atoms with van der Waals surface area (Å²) in [6.45, 7) is 0.952. The highest BCUT2D eigenvalue weighted by Gasteiger charge is 2.49. The van der Waals surface area contributed by atoms with Crippen LogP contribution in [0.5, 0.6) is 11.5 Å². The minimum Gasteiger partial charge on any atom is -0.454 e. The molecule has 1 aromatic carbocycles. The highest BCUT2D eigenvalue weighted by atomic mass is 16.7. The van der Waals surface area contributed by atoms with Gasteiger partial charge < -0.3 is 34.3 Å². The second-order valence-corrected chi connectivity index (χ2v) is 9.10. The predicted octanol–water partition coefficient (Wildman–Crippen LogP) is 2.88. The molecule has 10 nitrogen and oxygen atoms in total. The van der Waals surface area contributed by atoms with Crippen molar-refractivity contribution in [1.29, 1.82) is 0 Å². The van der Waals surface area contributed by atoms with Crippen LogP contribution in [0, 0.1) is 0 Å². The van der Waals surface area contributed by atoms with E-state index in [1.807, 2.05) is 24.3 Å². The van der Waals surface area contributed by atoms with E-state index >= 15 is 0 Å². The molecule has 0 spiro atoms. The van der Waals surface area contributed by atoms with Gasteiger partial charge in [0.15, 0.2) is 17.6 Å². The number of anilines is 1. The van der Waals surface area contributed by atoms with E-state index in [0.29, 0.717) is 24.9 Å². The zero-order valence-electron chi connectivity index (χ0n) is 18.8. The lowest BCUT2D eigenvalue weighted by Gasteiger charge is -2.24.